The van der Waals surface area contributed by atoms with Crippen LogP contribution in [-0.4, -0.2) is 49.3 Å². The summed E-state index contributed by atoms with van der Waals surface area (Å²) in [5.41, 5.74) is 1.11. The van der Waals surface area contributed by atoms with Crippen molar-refractivity contribution in [2.75, 3.05) is 27.2 Å². The summed E-state index contributed by atoms with van der Waals surface area (Å²) in [6, 6.07) is 7.08. The molecule has 0 radical (unpaired) electrons. The van der Waals surface area contributed by atoms with Crippen molar-refractivity contribution in [2.24, 2.45) is 0 Å². The minimum absolute atomic E-state index is 0.174. The van der Waals surface area contributed by atoms with Gasteiger partial charge in [-0.05, 0) is 38.2 Å². The number of phenols is 1. The number of urea groups is 1. The van der Waals surface area contributed by atoms with Crippen molar-refractivity contribution in [3.05, 3.63) is 29.8 Å². The molecular formula is C16H23N3O2. The fourth-order valence-electron chi connectivity index (χ4n) is 1.86. The Labute approximate surface area is 126 Å². The van der Waals surface area contributed by atoms with Gasteiger partial charge in [-0.1, -0.05) is 12.1 Å². The molecule has 5 nitrogen and oxygen atoms in total. The van der Waals surface area contributed by atoms with Crippen molar-refractivity contribution in [1.29, 1.82) is 0 Å². The van der Waals surface area contributed by atoms with Crippen LogP contribution in [0.15, 0.2) is 24.3 Å². The van der Waals surface area contributed by atoms with Crippen molar-refractivity contribution in [1.82, 2.24) is 15.5 Å². The molecule has 0 aliphatic rings. The monoisotopic (exact) mass is 289 g/mol. The summed E-state index contributed by atoms with van der Waals surface area (Å²) in [5, 5.41) is 14.8. The highest BCUT2D eigenvalue weighted by Crippen LogP contribution is 2.12. The number of hydrogen-bond donors (Lipinski definition) is 3. The molecule has 3 N–H and O–H groups in total. The van der Waals surface area contributed by atoms with Gasteiger partial charge in [0.05, 0.1) is 0 Å². The van der Waals surface area contributed by atoms with E-state index in [0.29, 0.717) is 19.5 Å². The SMILES string of the molecule is C#CCCNC(=O)NC[C@H](Cc1ccc(O)cc1)N(C)C. The maximum atomic E-state index is 11.6. The topological polar surface area (TPSA) is 64.6 Å². The first kappa shape index (κ1) is 16.9. The highest BCUT2D eigenvalue weighted by Gasteiger charge is 2.13. The molecule has 0 aliphatic heterocycles. The number of benzene rings is 1. The number of nitrogens with one attached hydrogen (secondary N) is 2. The zero-order chi connectivity index (χ0) is 15.7. The molecule has 0 aromatic heterocycles. The molecule has 114 valence electrons. The van der Waals surface area contributed by atoms with Gasteiger partial charge < -0.3 is 20.6 Å². The molecule has 0 saturated heterocycles. The van der Waals surface area contributed by atoms with Crippen molar-refractivity contribution >= 4 is 6.03 Å². The zero-order valence-corrected chi connectivity index (χ0v) is 12.6. The van der Waals surface area contributed by atoms with Crippen molar-refractivity contribution in [3.63, 3.8) is 0 Å². The van der Waals surface area contributed by atoms with E-state index in [1.165, 1.54) is 0 Å². The Morgan fingerprint density at radius 2 is 2.00 bits per heavy atom. The normalized spacial score (nSPS) is 11.7. The summed E-state index contributed by atoms with van der Waals surface area (Å²) >= 11 is 0. The van der Waals surface area contributed by atoms with E-state index >= 15 is 0 Å². The van der Waals surface area contributed by atoms with Crippen molar-refractivity contribution < 1.29 is 9.90 Å². The summed E-state index contributed by atoms with van der Waals surface area (Å²) in [6.45, 7) is 1.02. The minimum atomic E-state index is -0.206. The third kappa shape index (κ3) is 6.68. The third-order valence-corrected chi connectivity index (χ3v) is 3.19. The van der Waals surface area contributed by atoms with Gasteiger partial charge in [0.2, 0.25) is 0 Å². The number of nitrogens with zero attached hydrogens (tertiary/aromatic N) is 1. The predicted octanol–water partition coefficient (Wildman–Crippen LogP) is 1.19. The second kappa shape index (κ2) is 8.88. The first-order chi connectivity index (χ1) is 10.0. The van der Waals surface area contributed by atoms with E-state index < -0.39 is 0 Å². The van der Waals surface area contributed by atoms with Crippen LogP contribution in [-0.2, 0) is 6.42 Å². The Bertz CT molecular complexity index is 477. The lowest BCUT2D eigenvalue weighted by atomic mass is 10.1. The number of carbonyl (C=O) groups is 1. The molecule has 5 heteroatoms. The van der Waals surface area contributed by atoms with Crippen LogP contribution in [0.1, 0.15) is 12.0 Å². The molecule has 0 heterocycles. The standard InChI is InChI=1S/C16H23N3O2/c1-4-5-10-17-16(21)18-12-14(19(2)3)11-13-6-8-15(20)9-7-13/h1,6-9,14,20H,5,10-12H2,2-3H3,(H2,17,18,21)/t14-/m0/s1. The fraction of sp³-hybridized carbons (Fsp3) is 0.438. The van der Waals surface area contributed by atoms with Crippen LogP contribution in [0.4, 0.5) is 4.79 Å². The molecule has 0 saturated carbocycles. The zero-order valence-electron chi connectivity index (χ0n) is 12.6. The molecule has 1 atom stereocenters. The molecule has 1 rings (SSSR count). The van der Waals surface area contributed by atoms with Gasteiger partial charge in [0.25, 0.3) is 0 Å². The van der Waals surface area contributed by atoms with Gasteiger partial charge in [-0.25, -0.2) is 4.79 Å². The van der Waals surface area contributed by atoms with E-state index in [1.54, 1.807) is 12.1 Å². The van der Waals surface area contributed by atoms with E-state index in [4.69, 9.17) is 6.42 Å². The molecule has 1 aromatic rings. The summed E-state index contributed by atoms with van der Waals surface area (Å²) in [6.07, 6.45) is 6.44. The van der Waals surface area contributed by atoms with Crippen LogP contribution >= 0.6 is 0 Å². The Kier molecular flexibility index (Phi) is 7.13. The second-order valence-corrected chi connectivity index (χ2v) is 5.08. The Balaban J connectivity index is 2.45. The molecule has 0 spiro atoms. The molecule has 0 unspecified atom stereocenters. The largest absolute Gasteiger partial charge is 0.508 e. The highest BCUT2D eigenvalue weighted by molar-refractivity contribution is 5.73. The minimum Gasteiger partial charge on any atom is -0.508 e. The number of carbonyl (C=O) groups excluding carboxylic acids is 1. The lowest BCUT2D eigenvalue weighted by Gasteiger charge is -2.24. The number of hydrogen-bond acceptors (Lipinski definition) is 3. The maximum absolute atomic E-state index is 11.6. The number of terminal acetylenes is 1. The van der Waals surface area contributed by atoms with E-state index in [-0.39, 0.29) is 17.8 Å². The van der Waals surface area contributed by atoms with Crippen molar-refractivity contribution in [2.45, 2.75) is 18.9 Å². The second-order valence-electron chi connectivity index (χ2n) is 5.08. The van der Waals surface area contributed by atoms with Gasteiger partial charge in [0.15, 0.2) is 0 Å². The summed E-state index contributed by atoms with van der Waals surface area (Å²) in [4.78, 5) is 13.7. The number of amides is 2. The summed E-state index contributed by atoms with van der Waals surface area (Å²) in [5.74, 6) is 2.73. The van der Waals surface area contributed by atoms with E-state index in [9.17, 15) is 9.90 Å². The number of aromatic hydroxyl groups is 1. The third-order valence-electron chi connectivity index (χ3n) is 3.19. The first-order valence-electron chi connectivity index (χ1n) is 6.92. The van der Waals surface area contributed by atoms with Gasteiger partial charge in [0, 0.05) is 25.6 Å². The molecular weight excluding hydrogens is 266 g/mol. The molecule has 0 aliphatic carbocycles. The Morgan fingerprint density at radius 3 is 2.57 bits per heavy atom. The van der Waals surface area contributed by atoms with E-state index in [1.807, 2.05) is 26.2 Å². The fourth-order valence-corrected chi connectivity index (χ4v) is 1.86. The lowest BCUT2D eigenvalue weighted by molar-refractivity contribution is 0.232. The molecule has 0 bridgehead atoms. The van der Waals surface area contributed by atoms with Crippen LogP contribution in [0.2, 0.25) is 0 Å². The van der Waals surface area contributed by atoms with Crippen LogP contribution in [0.3, 0.4) is 0 Å². The number of rotatable bonds is 7. The summed E-state index contributed by atoms with van der Waals surface area (Å²) in [7, 11) is 3.95. The average Bonchev–Trinajstić information content (AvgIpc) is 2.45. The average molecular weight is 289 g/mol. The van der Waals surface area contributed by atoms with E-state index in [0.717, 1.165) is 12.0 Å². The van der Waals surface area contributed by atoms with Crippen LogP contribution in [0, 0.1) is 12.3 Å². The molecule has 0 fully saturated rings. The van der Waals surface area contributed by atoms with Crippen LogP contribution in [0.5, 0.6) is 5.75 Å². The lowest BCUT2D eigenvalue weighted by Crippen LogP contribution is -2.45. The molecule has 21 heavy (non-hydrogen) atoms. The van der Waals surface area contributed by atoms with Crippen molar-refractivity contribution in [3.8, 4) is 18.1 Å². The van der Waals surface area contributed by atoms with Gasteiger partial charge >= 0.3 is 6.03 Å². The van der Waals surface area contributed by atoms with Gasteiger partial charge in [-0.3, -0.25) is 0 Å². The van der Waals surface area contributed by atoms with Gasteiger partial charge in [-0.15, -0.1) is 12.3 Å². The predicted molar refractivity (Wildman–Crippen MR) is 84.1 cm³/mol. The smallest absolute Gasteiger partial charge is 0.314 e. The summed E-state index contributed by atoms with van der Waals surface area (Å²) < 4.78 is 0. The van der Waals surface area contributed by atoms with Gasteiger partial charge in [-0.2, -0.15) is 0 Å². The highest BCUT2D eigenvalue weighted by atomic mass is 16.3. The van der Waals surface area contributed by atoms with Crippen LogP contribution in [0.25, 0.3) is 0 Å². The molecule has 1 aromatic carbocycles. The first-order valence-corrected chi connectivity index (χ1v) is 6.92. The maximum Gasteiger partial charge on any atom is 0.314 e. The number of likely N-dealkylation sites (N-methyl/N-ethyl adjacent to an activating group) is 1. The quantitative estimate of drug-likeness (QED) is 0.522. The van der Waals surface area contributed by atoms with Gasteiger partial charge in [0.1, 0.15) is 5.75 Å². The Morgan fingerprint density at radius 1 is 1.33 bits per heavy atom. The molecule has 2 amide bonds. The Hall–Kier alpha value is -2.19. The van der Waals surface area contributed by atoms with E-state index in [2.05, 4.69) is 21.5 Å². The van der Waals surface area contributed by atoms with Crippen LogP contribution < -0.4 is 10.6 Å². The number of phenolic OH excluding ortho intramolecular Hbond substituents is 1.